The standard InChI is InChI=1S/C11H13N3O2/c12-9-3-1-2-8(6-9)7-11-13-10(4-5-15)14-16-11/h1-3,6,15H,4-5,7,12H2. The van der Waals surface area contributed by atoms with Crippen LogP contribution in [0.15, 0.2) is 28.8 Å². The minimum Gasteiger partial charge on any atom is -0.399 e. The van der Waals surface area contributed by atoms with Crippen molar-refractivity contribution >= 4 is 5.69 Å². The molecule has 0 atom stereocenters. The second kappa shape index (κ2) is 4.76. The molecule has 0 fully saturated rings. The molecule has 0 radical (unpaired) electrons. The average Bonchev–Trinajstić information content (AvgIpc) is 2.66. The van der Waals surface area contributed by atoms with E-state index in [4.69, 9.17) is 15.4 Å². The van der Waals surface area contributed by atoms with Gasteiger partial charge in [-0.3, -0.25) is 0 Å². The van der Waals surface area contributed by atoms with Crippen LogP contribution in [-0.2, 0) is 12.8 Å². The van der Waals surface area contributed by atoms with Gasteiger partial charge in [0.2, 0.25) is 5.89 Å². The number of hydrogen-bond acceptors (Lipinski definition) is 5. The van der Waals surface area contributed by atoms with Crippen LogP contribution in [-0.4, -0.2) is 21.9 Å². The van der Waals surface area contributed by atoms with Crippen LogP contribution >= 0.6 is 0 Å². The third-order valence-electron chi connectivity index (χ3n) is 2.15. The fraction of sp³-hybridized carbons (Fsp3) is 0.273. The van der Waals surface area contributed by atoms with Crippen LogP contribution in [0.25, 0.3) is 0 Å². The lowest BCUT2D eigenvalue weighted by Gasteiger charge is -1.97. The molecule has 0 spiro atoms. The van der Waals surface area contributed by atoms with Gasteiger partial charge in [-0.15, -0.1) is 0 Å². The molecule has 2 rings (SSSR count). The number of nitrogen functional groups attached to an aromatic ring is 1. The topological polar surface area (TPSA) is 85.2 Å². The summed E-state index contributed by atoms with van der Waals surface area (Å²) in [6.45, 7) is 0.0251. The number of nitrogens with two attached hydrogens (primary N) is 1. The summed E-state index contributed by atoms with van der Waals surface area (Å²) < 4.78 is 5.05. The second-order valence-corrected chi connectivity index (χ2v) is 3.50. The van der Waals surface area contributed by atoms with Gasteiger partial charge in [-0.2, -0.15) is 4.98 Å². The zero-order valence-electron chi connectivity index (χ0n) is 8.76. The molecule has 0 aliphatic rings. The highest BCUT2D eigenvalue weighted by atomic mass is 16.5. The minimum absolute atomic E-state index is 0.0251. The van der Waals surface area contributed by atoms with E-state index in [-0.39, 0.29) is 6.61 Å². The van der Waals surface area contributed by atoms with Gasteiger partial charge in [-0.25, -0.2) is 0 Å². The van der Waals surface area contributed by atoms with Crippen molar-refractivity contribution in [1.82, 2.24) is 10.1 Å². The van der Waals surface area contributed by atoms with Crippen LogP contribution in [0.4, 0.5) is 5.69 Å². The van der Waals surface area contributed by atoms with E-state index in [0.717, 1.165) is 5.56 Å². The highest BCUT2D eigenvalue weighted by Crippen LogP contribution is 2.11. The highest BCUT2D eigenvalue weighted by Gasteiger charge is 2.06. The predicted octanol–water partition coefficient (Wildman–Crippen LogP) is 0.777. The van der Waals surface area contributed by atoms with E-state index in [1.54, 1.807) is 0 Å². The van der Waals surface area contributed by atoms with Gasteiger partial charge in [0.05, 0.1) is 13.0 Å². The third kappa shape index (κ3) is 2.58. The Labute approximate surface area is 92.9 Å². The molecular formula is C11H13N3O2. The zero-order valence-corrected chi connectivity index (χ0v) is 8.76. The van der Waals surface area contributed by atoms with Gasteiger partial charge in [-0.05, 0) is 17.7 Å². The van der Waals surface area contributed by atoms with E-state index in [1.807, 2.05) is 24.3 Å². The molecule has 0 saturated carbocycles. The van der Waals surface area contributed by atoms with Crippen molar-refractivity contribution in [2.24, 2.45) is 0 Å². The minimum atomic E-state index is 0.0251. The highest BCUT2D eigenvalue weighted by molar-refractivity contribution is 5.41. The molecule has 1 aromatic heterocycles. The van der Waals surface area contributed by atoms with E-state index < -0.39 is 0 Å². The number of nitrogens with zero attached hydrogens (tertiary/aromatic N) is 2. The van der Waals surface area contributed by atoms with Crippen molar-refractivity contribution in [3.8, 4) is 0 Å². The monoisotopic (exact) mass is 219 g/mol. The summed E-state index contributed by atoms with van der Waals surface area (Å²) in [7, 11) is 0. The maximum Gasteiger partial charge on any atom is 0.231 e. The van der Waals surface area contributed by atoms with Gasteiger partial charge in [0, 0.05) is 12.1 Å². The summed E-state index contributed by atoms with van der Waals surface area (Å²) in [4.78, 5) is 4.15. The van der Waals surface area contributed by atoms with Crippen LogP contribution in [0.2, 0.25) is 0 Å². The molecular weight excluding hydrogens is 206 g/mol. The Bertz CT molecular complexity index is 468. The first kappa shape index (κ1) is 10.6. The number of aliphatic hydroxyl groups excluding tert-OH is 1. The lowest BCUT2D eigenvalue weighted by molar-refractivity contribution is 0.293. The van der Waals surface area contributed by atoms with Crippen LogP contribution in [0, 0.1) is 0 Å². The van der Waals surface area contributed by atoms with E-state index in [2.05, 4.69) is 10.1 Å². The molecule has 1 aromatic carbocycles. The van der Waals surface area contributed by atoms with Crippen molar-refractivity contribution in [3.63, 3.8) is 0 Å². The van der Waals surface area contributed by atoms with Gasteiger partial charge in [-0.1, -0.05) is 17.3 Å². The molecule has 5 heteroatoms. The summed E-state index contributed by atoms with van der Waals surface area (Å²) in [5.74, 6) is 1.07. The SMILES string of the molecule is Nc1cccc(Cc2nc(CCO)no2)c1. The predicted molar refractivity (Wildman–Crippen MR) is 58.7 cm³/mol. The van der Waals surface area contributed by atoms with E-state index in [9.17, 15) is 0 Å². The summed E-state index contributed by atoms with van der Waals surface area (Å²) >= 11 is 0. The molecule has 84 valence electrons. The molecule has 0 saturated heterocycles. The number of benzene rings is 1. The van der Waals surface area contributed by atoms with Crippen LogP contribution in [0.1, 0.15) is 17.3 Å². The van der Waals surface area contributed by atoms with Gasteiger partial charge in [0.15, 0.2) is 5.82 Å². The maximum atomic E-state index is 8.72. The maximum absolute atomic E-state index is 8.72. The summed E-state index contributed by atoms with van der Waals surface area (Å²) in [5.41, 5.74) is 7.41. The number of hydrogen-bond donors (Lipinski definition) is 2. The van der Waals surface area contributed by atoms with Crippen LogP contribution in [0.5, 0.6) is 0 Å². The Morgan fingerprint density at radius 2 is 2.25 bits per heavy atom. The van der Waals surface area contributed by atoms with Gasteiger partial charge in [0.25, 0.3) is 0 Å². The van der Waals surface area contributed by atoms with Crippen molar-refractivity contribution in [1.29, 1.82) is 0 Å². The molecule has 0 aliphatic heterocycles. The molecule has 0 unspecified atom stereocenters. The normalized spacial score (nSPS) is 10.6. The number of aliphatic hydroxyl groups is 1. The molecule has 2 aromatic rings. The van der Waals surface area contributed by atoms with Crippen molar-refractivity contribution in [3.05, 3.63) is 41.5 Å². The van der Waals surface area contributed by atoms with Crippen molar-refractivity contribution in [2.45, 2.75) is 12.8 Å². The Morgan fingerprint density at radius 3 is 3.00 bits per heavy atom. The van der Waals surface area contributed by atoms with Gasteiger partial charge < -0.3 is 15.4 Å². The largest absolute Gasteiger partial charge is 0.399 e. The Kier molecular flexibility index (Phi) is 3.16. The Balaban J connectivity index is 2.08. The van der Waals surface area contributed by atoms with Gasteiger partial charge in [0.1, 0.15) is 0 Å². The molecule has 1 heterocycles. The molecule has 0 aliphatic carbocycles. The van der Waals surface area contributed by atoms with Crippen LogP contribution < -0.4 is 5.73 Å². The van der Waals surface area contributed by atoms with E-state index in [1.165, 1.54) is 0 Å². The van der Waals surface area contributed by atoms with E-state index in [0.29, 0.717) is 30.2 Å². The fourth-order valence-corrected chi connectivity index (χ4v) is 1.44. The Hall–Kier alpha value is -1.88. The number of rotatable bonds is 4. The Morgan fingerprint density at radius 1 is 1.38 bits per heavy atom. The zero-order chi connectivity index (χ0) is 11.4. The first-order chi connectivity index (χ1) is 7.78. The smallest absolute Gasteiger partial charge is 0.231 e. The first-order valence-corrected chi connectivity index (χ1v) is 5.04. The first-order valence-electron chi connectivity index (χ1n) is 5.04. The van der Waals surface area contributed by atoms with Crippen molar-refractivity contribution in [2.75, 3.05) is 12.3 Å². The third-order valence-corrected chi connectivity index (χ3v) is 2.15. The number of aromatic nitrogens is 2. The molecule has 5 nitrogen and oxygen atoms in total. The lowest BCUT2D eigenvalue weighted by Crippen LogP contribution is -1.94. The van der Waals surface area contributed by atoms with Gasteiger partial charge >= 0.3 is 0 Å². The fourth-order valence-electron chi connectivity index (χ4n) is 1.44. The summed E-state index contributed by atoms with van der Waals surface area (Å²) in [6.07, 6.45) is 0.976. The number of anilines is 1. The quantitative estimate of drug-likeness (QED) is 0.742. The lowest BCUT2D eigenvalue weighted by atomic mass is 10.1. The van der Waals surface area contributed by atoms with Crippen molar-refractivity contribution < 1.29 is 9.63 Å². The average molecular weight is 219 g/mol. The molecule has 0 bridgehead atoms. The summed E-state index contributed by atoms with van der Waals surface area (Å²) in [5, 5.41) is 12.5. The molecule has 3 N–H and O–H groups in total. The van der Waals surface area contributed by atoms with Crippen LogP contribution in [0.3, 0.4) is 0 Å². The second-order valence-electron chi connectivity index (χ2n) is 3.50. The molecule has 16 heavy (non-hydrogen) atoms. The molecule has 0 amide bonds. The van der Waals surface area contributed by atoms with E-state index >= 15 is 0 Å². The summed E-state index contributed by atoms with van der Waals surface area (Å²) in [6, 6.07) is 7.53.